The molecule has 4 heteroatoms. The lowest BCUT2D eigenvalue weighted by atomic mass is 9.96. The van der Waals surface area contributed by atoms with Gasteiger partial charge in [-0.3, -0.25) is 0 Å². The molecule has 0 aliphatic rings. The van der Waals surface area contributed by atoms with Crippen LogP contribution in [0.3, 0.4) is 0 Å². The maximum atomic E-state index is 5.06. The average Bonchev–Trinajstić information content (AvgIpc) is 3.57. The van der Waals surface area contributed by atoms with Crippen LogP contribution in [0.4, 0.5) is 0 Å². The molecule has 0 saturated carbocycles. The van der Waals surface area contributed by atoms with Crippen molar-refractivity contribution in [2.75, 3.05) is 0 Å². The highest BCUT2D eigenvalue weighted by molar-refractivity contribution is 7.27. The highest BCUT2D eigenvalue weighted by Gasteiger charge is 2.17. The second-order valence-electron chi connectivity index (χ2n) is 12.4. The number of nitrogens with zero attached hydrogens (tertiary/aromatic N) is 3. The van der Waals surface area contributed by atoms with Crippen LogP contribution in [-0.4, -0.2) is 15.0 Å². The van der Waals surface area contributed by atoms with Gasteiger partial charge >= 0.3 is 0 Å². The van der Waals surface area contributed by atoms with E-state index in [-0.39, 0.29) is 0 Å². The smallest absolute Gasteiger partial charge is 0.164 e. The number of thiophene rings is 1. The SMILES string of the molecule is c1ccc(-c2nc(-c3ccccc3)nc(-c3cccc4ccc(-c5cccc6c5sc5c6ccc6ccc7ccccc7c65)cc34)n2)cc1. The van der Waals surface area contributed by atoms with Gasteiger partial charge in [-0.25, -0.2) is 15.0 Å². The van der Waals surface area contributed by atoms with Gasteiger partial charge in [-0.15, -0.1) is 11.3 Å². The largest absolute Gasteiger partial charge is 0.208 e. The zero-order valence-corrected chi connectivity index (χ0v) is 27.2. The summed E-state index contributed by atoms with van der Waals surface area (Å²) in [6.07, 6.45) is 0. The van der Waals surface area contributed by atoms with Gasteiger partial charge in [0.1, 0.15) is 0 Å². The summed E-state index contributed by atoms with van der Waals surface area (Å²) in [5.74, 6) is 1.98. The third kappa shape index (κ3) is 4.61. The highest BCUT2D eigenvalue weighted by Crippen LogP contribution is 2.45. The summed E-state index contributed by atoms with van der Waals surface area (Å²) in [5, 5.41) is 10.0. The molecule has 3 nitrogen and oxygen atoms in total. The van der Waals surface area contributed by atoms with Gasteiger partial charge in [-0.2, -0.15) is 0 Å². The number of benzene rings is 8. The summed E-state index contributed by atoms with van der Waals surface area (Å²) in [6, 6.07) is 57.9. The van der Waals surface area contributed by atoms with Crippen LogP contribution < -0.4 is 0 Å². The number of hydrogen-bond donors (Lipinski definition) is 0. The average molecular weight is 642 g/mol. The van der Waals surface area contributed by atoms with Gasteiger partial charge < -0.3 is 0 Å². The van der Waals surface area contributed by atoms with Crippen LogP contribution in [0.25, 0.3) is 97.8 Å². The molecular weight excluding hydrogens is 615 g/mol. The van der Waals surface area contributed by atoms with E-state index in [0.717, 1.165) is 27.5 Å². The quantitative estimate of drug-likeness (QED) is 0.180. The number of hydrogen-bond acceptors (Lipinski definition) is 4. The fourth-order valence-electron chi connectivity index (χ4n) is 7.13. The molecule has 0 amide bonds. The molecule has 49 heavy (non-hydrogen) atoms. The van der Waals surface area contributed by atoms with Gasteiger partial charge in [0, 0.05) is 42.2 Å². The molecule has 0 radical (unpaired) electrons. The summed E-state index contributed by atoms with van der Waals surface area (Å²) in [7, 11) is 0. The maximum Gasteiger partial charge on any atom is 0.164 e. The van der Waals surface area contributed by atoms with Crippen LogP contribution in [0.1, 0.15) is 0 Å². The van der Waals surface area contributed by atoms with Crippen LogP contribution in [0, 0.1) is 0 Å². The Morgan fingerprint density at radius 3 is 1.67 bits per heavy atom. The number of rotatable bonds is 4. The summed E-state index contributed by atoms with van der Waals surface area (Å²) >= 11 is 1.90. The Kier molecular flexibility index (Phi) is 6.36. The Morgan fingerprint density at radius 1 is 0.327 bits per heavy atom. The Labute approximate surface area is 286 Å². The minimum atomic E-state index is 0.660. The molecule has 0 atom stereocenters. The van der Waals surface area contributed by atoms with Crippen molar-refractivity contribution < 1.29 is 0 Å². The second kappa shape index (κ2) is 11.2. The second-order valence-corrected chi connectivity index (χ2v) is 13.4. The first kappa shape index (κ1) is 27.8. The molecule has 0 N–H and O–H groups in total. The van der Waals surface area contributed by atoms with E-state index in [1.165, 1.54) is 52.8 Å². The molecule has 8 aromatic carbocycles. The van der Waals surface area contributed by atoms with E-state index in [1.54, 1.807) is 0 Å². The molecule has 0 saturated heterocycles. The monoisotopic (exact) mass is 641 g/mol. The molecule has 0 aliphatic carbocycles. The standard InChI is InChI=1S/C45H27N3S/c1-3-12-31(13-4-1)43-46-44(32-14-5-2-6-15-32)48-45(47-43)38-20-9-16-29-22-24-33(27-39(29)38)35-18-10-19-36-37-26-25-30-23-21-28-11-7-8-17-34(28)40(30)42(37)49-41(35)36/h1-27H. The van der Waals surface area contributed by atoms with E-state index in [0.29, 0.717) is 17.5 Å². The molecule has 2 aromatic heterocycles. The fraction of sp³-hybridized carbons (Fsp3) is 0. The highest BCUT2D eigenvalue weighted by atomic mass is 32.1. The van der Waals surface area contributed by atoms with E-state index in [2.05, 4.69) is 103 Å². The Bertz CT molecular complexity index is 2820. The van der Waals surface area contributed by atoms with Crippen molar-refractivity contribution in [1.82, 2.24) is 15.0 Å². The van der Waals surface area contributed by atoms with Crippen molar-refractivity contribution >= 4 is 63.8 Å². The molecular formula is C45H27N3S. The van der Waals surface area contributed by atoms with Gasteiger partial charge in [-0.1, -0.05) is 158 Å². The van der Waals surface area contributed by atoms with Crippen molar-refractivity contribution in [3.05, 3.63) is 164 Å². The summed E-state index contributed by atoms with van der Waals surface area (Å²) in [6.45, 7) is 0. The first-order valence-electron chi connectivity index (χ1n) is 16.4. The first-order chi connectivity index (χ1) is 24.3. The van der Waals surface area contributed by atoms with Crippen LogP contribution in [0.5, 0.6) is 0 Å². The molecule has 228 valence electrons. The Morgan fingerprint density at radius 2 is 0.878 bits per heavy atom. The van der Waals surface area contributed by atoms with E-state index in [9.17, 15) is 0 Å². The maximum absolute atomic E-state index is 5.06. The minimum absolute atomic E-state index is 0.660. The molecule has 0 aliphatic heterocycles. The normalized spacial score (nSPS) is 11.7. The summed E-state index contributed by atoms with van der Waals surface area (Å²) < 4.78 is 2.64. The van der Waals surface area contributed by atoms with Crippen molar-refractivity contribution in [1.29, 1.82) is 0 Å². The topological polar surface area (TPSA) is 38.7 Å². The van der Waals surface area contributed by atoms with Crippen LogP contribution >= 0.6 is 11.3 Å². The molecule has 0 unspecified atom stereocenters. The third-order valence-electron chi connectivity index (χ3n) is 9.51. The fourth-order valence-corrected chi connectivity index (χ4v) is 8.54. The van der Waals surface area contributed by atoms with Gasteiger partial charge in [0.2, 0.25) is 0 Å². The molecule has 0 fully saturated rings. The summed E-state index contributed by atoms with van der Waals surface area (Å²) in [4.78, 5) is 15.0. The van der Waals surface area contributed by atoms with Gasteiger partial charge in [0.15, 0.2) is 17.5 Å². The van der Waals surface area contributed by atoms with Crippen molar-refractivity contribution in [3.8, 4) is 45.3 Å². The first-order valence-corrected chi connectivity index (χ1v) is 17.3. The van der Waals surface area contributed by atoms with Gasteiger partial charge in [0.05, 0.1) is 0 Å². The van der Waals surface area contributed by atoms with Gasteiger partial charge in [-0.05, 0) is 44.1 Å². The molecule has 10 rings (SSSR count). The molecule has 0 bridgehead atoms. The van der Waals surface area contributed by atoms with Crippen molar-refractivity contribution in [2.45, 2.75) is 0 Å². The Hall–Kier alpha value is -6.23. The predicted octanol–water partition coefficient (Wildman–Crippen LogP) is 12.4. The zero-order chi connectivity index (χ0) is 32.3. The minimum Gasteiger partial charge on any atom is -0.208 e. The van der Waals surface area contributed by atoms with E-state index in [1.807, 2.05) is 72.0 Å². The lowest BCUT2D eigenvalue weighted by Crippen LogP contribution is -2.00. The predicted molar refractivity (Wildman–Crippen MR) is 207 cm³/mol. The number of aromatic nitrogens is 3. The van der Waals surface area contributed by atoms with Crippen molar-refractivity contribution in [3.63, 3.8) is 0 Å². The zero-order valence-electron chi connectivity index (χ0n) is 26.3. The van der Waals surface area contributed by atoms with Crippen LogP contribution in [0.15, 0.2) is 164 Å². The van der Waals surface area contributed by atoms with E-state index in [4.69, 9.17) is 15.0 Å². The molecule has 0 spiro atoms. The summed E-state index contributed by atoms with van der Waals surface area (Å²) in [5.41, 5.74) is 5.31. The van der Waals surface area contributed by atoms with Crippen LogP contribution in [0.2, 0.25) is 0 Å². The lowest BCUT2D eigenvalue weighted by molar-refractivity contribution is 1.08. The van der Waals surface area contributed by atoms with E-state index < -0.39 is 0 Å². The van der Waals surface area contributed by atoms with Crippen LogP contribution in [-0.2, 0) is 0 Å². The lowest BCUT2D eigenvalue weighted by Gasteiger charge is -2.12. The third-order valence-corrected chi connectivity index (χ3v) is 10.8. The number of fused-ring (bicyclic) bond motifs is 8. The van der Waals surface area contributed by atoms with Crippen molar-refractivity contribution in [2.24, 2.45) is 0 Å². The Balaban J connectivity index is 1.19. The van der Waals surface area contributed by atoms with E-state index >= 15 is 0 Å². The molecule has 10 aromatic rings. The molecule has 2 heterocycles. The van der Waals surface area contributed by atoms with Gasteiger partial charge in [0.25, 0.3) is 0 Å².